The number of rotatable bonds is 3. The van der Waals surface area contributed by atoms with Crippen molar-refractivity contribution in [2.45, 2.75) is 77.4 Å². The average Bonchev–Trinajstić information content (AvgIpc) is 3.24. The molecule has 0 aromatic heterocycles. The molecule has 110 valence electrons. The average molecular weight is 264 g/mol. The summed E-state index contributed by atoms with van der Waals surface area (Å²) in [6.07, 6.45) is 8.78. The second-order valence-electron chi connectivity index (χ2n) is 7.66. The largest absolute Gasteiger partial charge is 0.311 e. The van der Waals surface area contributed by atoms with E-state index in [9.17, 15) is 0 Å². The summed E-state index contributed by atoms with van der Waals surface area (Å²) in [5, 5.41) is 3.80. The van der Waals surface area contributed by atoms with Crippen LogP contribution >= 0.6 is 0 Å². The fraction of sp³-hybridized carbons (Fsp3) is 1.00. The van der Waals surface area contributed by atoms with Crippen LogP contribution in [0.2, 0.25) is 0 Å². The molecule has 3 aliphatic rings. The molecule has 1 heterocycles. The SMILES string of the molecule is CC(C)C1CCCCC1N1CC(C2CC2)NCC1C. The van der Waals surface area contributed by atoms with Crippen molar-refractivity contribution in [3.8, 4) is 0 Å². The van der Waals surface area contributed by atoms with Crippen molar-refractivity contribution in [3.05, 3.63) is 0 Å². The molecule has 2 aliphatic carbocycles. The Labute approximate surface area is 119 Å². The van der Waals surface area contributed by atoms with Crippen LogP contribution in [0.3, 0.4) is 0 Å². The minimum Gasteiger partial charge on any atom is -0.311 e. The van der Waals surface area contributed by atoms with E-state index in [0.29, 0.717) is 0 Å². The van der Waals surface area contributed by atoms with Crippen molar-refractivity contribution in [3.63, 3.8) is 0 Å². The molecule has 2 nitrogen and oxygen atoms in total. The summed E-state index contributed by atoms with van der Waals surface area (Å²) in [5.41, 5.74) is 0. The first-order valence-corrected chi connectivity index (χ1v) is 8.66. The summed E-state index contributed by atoms with van der Waals surface area (Å²) in [6.45, 7) is 9.84. The molecule has 0 radical (unpaired) electrons. The molecular formula is C17H32N2. The van der Waals surface area contributed by atoms with E-state index >= 15 is 0 Å². The molecule has 1 aliphatic heterocycles. The predicted molar refractivity (Wildman–Crippen MR) is 81.3 cm³/mol. The van der Waals surface area contributed by atoms with Gasteiger partial charge in [0.25, 0.3) is 0 Å². The summed E-state index contributed by atoms with van der Waals surface area (Å²) in [7, 11) is 0. The van der Waals surface area contributed by atoms with Crippen molar-refractivity contribution in [2.24, 2.45) is 17.8 Å². The van der Waals surface area contributed by atoms with Crippen molar-refractivity contribution in [1.82, 2.24) is 10.2 Å². The molecular weight excluding hydrogens is 232 g/mol. The van der Waals surface area contributed by atoms with Gasteiger partial charge in [-0.3, -0.25) is 4.90 Å². The van der Waals surface area contributed by atoms with Crippen LogP contribution in [0.5, 0.6) is 0 Å². The Kier molecular flexibility index (Phi) is 4.19. The third kappa shape index (κ3) is 3.00. The number of piperazine rings is 1. The monoisotopic (exact) mass is 264 g/mol. The third-order valence-electron chi connectivity index (χ3n) is 5.90. The Hall–Kier alpha value is -0.0800. The van der Waals surface area contributed by atoms with E-state index < -0.39 is 0 Å². The lowest BCUT2D eigenvalue weighted by molar-refractivity contribution is 0.0193. The van der Waals surface area contributed by atoms with E-state index in [1.807, 2.05) is 0 Å². The van der Waals surface area contributed by atoms with Crippen molar-refractivity contribution in [2.75, 3.05) is 13.1 Å². The van der Waals surface area contributed by atoms with Crippen molar-refractivity contribution >= 4 is 0 Å². The van der Waals surface area contributed by atoms with E-state index in [4.69, 9.17) is 0 Å². The predicted octanol–water partition coefficient (Wildman–Crippen LogP) is 3.27. The maximum absolute atomic E-state index is 3.80. The molecule has 3 fully saturated rings. The molecule has 3 rings (SSSR count). The lowest BCUT2D eigenvalue weighted by atomic mass is 9.76. The van der Waals surface area contributed by atoms with E-state index in [2.05, 4.69) is 31.0 Å². The van der Waals surface area contributed by atoms with Gasteiger partial charge in [-0.05, 0) is 50.4 Å². The topological polar surface area (TPSA) is 15.3 Å². The maximum atomic E-state index is 3.80. The first-order valence-electron chi connectivity index (χ1n) is 8.66. The van der Waals surface area contributed by atoms with E-state index in [1.165, 1.54) is 51.6 Å². The zero-order valence-corrected chi connectivity index (χ0v) is 13.1. The zero-order valence-electron chi connectivity index (χ0n) is 13.1. The van der Waals surface area contributed by atoms with Gasteiger partial charge in [-0.2, -0.15) is 0 Å². The minimum absolute atomic E-state index is 0.736. The first-order chi connectivity index (χ1) is 9.16. The van der Waals surface area contributed by atoms with Crippen LogP contribution < -0.4 is 5.32 Å². The van der Waals surface area contributed by atoms with E-state index in [1.54, 1.807) is 0 Å². The summed E-state index contributed by atoms with van der Waals surface area (Å²) in [4.78, 5) is 2.89. The molecule has 2 saturated carbocycles. The summed E-state index contributed by atoms with van der Waals surface area (Å²) in [5.74, 6) is 2.79. The summed E-state index contributed by atoms with van der Waals surface area (Å²) in [6, 6.07) is 2.40. The molecule has 1 N–H and O–H groups in total. The smallest absolute Gasteiger partial charge is 0.0224 e. The molecule has 4 atom stereocenters. The van der Waals surface area contributed by atoms with Gasteiger partial charge >= 0.3 is 0 Å². The van der Waals surface area contributed by atoms with Crippen LogP contribution in [-0.2, 0) is 0 Å². The van der Waals surface area contributed by atoms with Gasteiger partial charge in [-0.25, -0.2) is 0 Å². The summed E-state index contributed by atoms with van der Waals surface area (Å²) < 4.78 is 0. The highest BCUT2D eigenvalue weighted by Gasteiger charge is 2.41. The Balaban J connectivity index is 1.69. The standard InChI is InChI=1S/C17H32N2/c1-12(2)15-6-4-5-7-17(15)19-11-16(14-8-9-14)18-10-13(19)3/h12-18H,4-11H2,1-3H3. The van der Waals surface area contributed by atoms with Gasteiger partial charge in [0.1, 0.15) is 0 Å². The molecule has 0 spiro atoms. The van der Waals surface area contributed by atoms with Crippen molar-refractivity contribution < 1.29 is 0 Å². The minimum atomic E-state index is 0.736. The van der Waals surface area contributed by atoms with Crippen molar-refractivity contribution in [1.29, 1.82) is 0 Å². The van der Waals surface area contributed by atoms with Gasteiger partial charge in [0.15, 0.2) is 0 Å². The van der Waals surface area contributed by atoms with Crippen LogP contribution in [-0.4, -0.2) is 36.1 Å². The van der Waals surface area contributed by atoms with Gasteiger partial charge in [-0.15, -0.1) is 0 Å². The van der Waals surface area contributed by atoms with Crippen LogP contribution in [0.25, 0.3) is 0 Å². The molecule has 19 heavy (non-hydrogen) atoms. The molecule has 4 unspecified atom stereocenters. The normalized spacial score (nSPS) is 41.7. The highest BCUT2D eigenvalue weighted by atomic mass is 15.3. The molecule has 1 saturated heterocycles. The summed E-state index contributed by atoms with van der Waals surface area (Å²) >= 11 is 0. The highest BCUT2D eigenvalue weighted by molar-refractivity contribution is 4.97. The third-order valence-corrected chi connectivity index (χ3v) is 5.90. The number of hydrogen-bond acceptors (Lipinski definition) is 2. The molecule has 0 aromatic carbocycles. The number of hydrogen-bond donors (Lipinski definition) is 1. The first kappa shape index (κ1) is 13.9. The van der Waals surface area contributed by atoms with Gasteiger partial charge in [-0.1, -0.05) is 26.7 Å². The van der Waals surface area contributed by atoms with Gasteiger partial charge in [0.05, 0.1) is 0 Å². The molecule has 0 aromatic rings. The second-order valence-corrected chi connectivity index (χ2v) is 7.66. The lowest BCUT2D eigenvalue weighted by Gasteiger charge is -2.49. The van der Waals surface area contributed by atoms with E-state index in [0.717, 1.165) is 35.9 Å². The van der Waals surface area contributed by atoms with Crippen LogP contribution in [0.1, 0.15) is 59.3 Å². The number of nitrogens with zero attached hydrogens (tertiary/aromatic N) is 1. The van der Waals surface area contributed by atoms with Crippen LogP contribution in [0.4, 0.5) is 0 Å². The fourth-order valence-electron chi connectivity index (χ4n) is 4.52. The second kappa shape index (κ2) is 5.73. The Morgan fingerprint density at radius 2 is 1.79 bits per heavy atom. The van der Waals surface area contributed by atoms with Gasteiger partial charge in [0.2, 0.25) is 0 Å². The van der Waals surface area contributed by atoms with Crippen LogP contribution in [0, 0.1) is 17.8 Å². The van der Waals surface area contributed by atoms with E-state index in [-0.39, 0.29) is 0 Å². The molecule has 0 bridgehead atoms. The Morgan fingerprint density at radius 1 is 1.05 bits per heavy atom. The highest BCUT2D eigenvalue weighted by Crippen LogP contribution is 2.38. The zero-order chi connectivity index (χ0) is 13.4. The molecule has 0 amide bonds. The Bertz CT molecular complexity index is 298. The maximum Gasteiger partial charge on any atom is 0.0224 e. The van der Waals surface area contributed by atoms with Gasteiger partial charge < -0.3 is 5.32 Å². The lowest BCUT2D eigenvalue weighted by Crippen LogP contribution is -2.61. The quantitative estimate of drug-likeness (QED) is 0.841. The number of nitrogens with one attached hydrogen (secondary N) is 1. The fourth-order valence-corrected chi connectivity index (χ4v) is 4.52. The van der Waals surface area contributed by atoms with Crippen LogP contribution in [0.15, 0.2) is 0 Å². The molecule has 2 heteroatoms. The Morgan fingerprint density at radius 3 is 2.47 bits per heavy atom. The van der Waals surface area contributed by atoms with Gasteiger partial charge in [0, 0.05) is 31.2 Å².